The van der Waals surface area contributed by atoms with E-state index in [1.165, 1.54) is 0 Å². The van der Waals surface area contributed by atoms with Crippen LogP contribution in [-0.4, -0.2) is 25.4 Å². The minimum absolute atomic E-state index is 0.0579. The molecule has 2 amide bonds. The molecule has 6 heteroatoms. The number of rotatable bonds is 9. The van der Waals surface area contributed by atoms with Gasteiger partial charge in [0.05, 0.1) is 11.1 Å². The van der Waals surface area contributed by atoms with Gasteiger partial charge in [-0.05, 0) is 63.8 Å². The molecular weight excluding hydrogens is 428 g/mol. The summed E-state index contributed by atoms with van der Waals surface area (Å²) in [5.74, 6) is 0. The summed E-state index contributed by atoms with van der Waals surface area (Å²) >= 11 is 0. The standard InChI is InChI=1S/C28H36N2O4/c1-19(2)21-9-13-23(14-10-21)27(5,6)29-25(31)33-17-18-34-26(32)30-28(7,8)24-15-11-22(12-16-24)20(3)4/h9-16H,1,3,17-18H2,2,4-8H3,(H,29,31)(H,30,32). The minimum atomic E-state index is -0.632. The number of carbonyl (C=O) groups excluding carboxylic acids is 2. The van der Waals surface area contributed by atoms with Crippen LogP contribution < -0.4 is 10.6 Å². The molecule has 2 N–H and O–H groups in total. The zero-order valence-electron chi connectivity index (χ0n) is 21.1. The SMILES string of the molecule is C=C(C)c1ccc(C(C)(C)NC(=O)OCCOC(=O)NC(C)(C)c2ccc(C(=C)C)cc2)cc1. The molecule has 6 nitrogen and oxygen atoms in total. The molecule has 0 heterocycles. The van der Waals surface area contributed by atoms with Crippen LogP contribution in [0.15, 0.2) is 61.7 Å². The number of hydrogen-bond acceptors (Lipinski definition) is 4. The molecule has 0 bridgehead atoms. The maximum atomic E-state index is 12.2. The Morgan fingerprint density at radius 2 is 0.971 bits per heavy atom. The van der Waals surface area contributed by atoms with Gasteiger partial charge in [0.15, 0.2) is 0 Å². The predicted molar refractivity (Wildman–Crippen MR) is 137 cm³/mol. The van der Waals surface area contributed by atoms with Gasteiger partial charge in [0.1, 0.15) is 13.2 Å². The van der Waals surface area contributed by atoms with E-state index in [2.05, 4.69) is 23.8 Å². The molecule has 0 aliphatic carbocycles. The van der Waals surface area contributed by atoms with Crippen molar-refractivity contribution in [3.05, 3.63) is 83.9 Å². The summed E-state index contributed by atoms with van der Waals surface area (Å²) in [5, 5.41) is 5.67. The van der Waals surface area contributed by atoms with Crippen LogP contribution in [0.25, 0.3) is 11.1 Å². The molecule has 34 heavy (non-hydrogen) atoms. The van der Waals surface area contributed by atoms with Gasteiger partial charge in [-0.1, -0.05) is 72.8 Å². The largest absolute Gasteiger partial charge is 0.446 e. The average Bonchev–Trinajstić information content (AvgIpc) is 2.76. The first-order valence-electron chi connectivity index (χ1n) is 11.2. The summed E-state index contributed by atoms with van der Waals surface area (Å²) in [6.07, 6.45) is -1.17. The highest BCUT2D eigenvalue weighted by atomic mass is 16.6. The van der Waals surface area contributed by atoms with Gasteiger partial charge in [0.25, 0.3) is 0 Å². The summed E-state index contributed by atoms with van der Waals surface area (Å²) in [7, 11) is 0. The van der Waals surface area contributed by atoms with Crippen LogP contribution in [0.5, 0.6) is 0 Å². The summed E-state index contributed by atoms with van der Waals surface area (Å²) in [6.45, 7) is 19.2. The van der Waals surface area contributed by atoms with E-state index in [4.69, 9.17) is 9.47 Å². The fourth-order valence-corrected chi connectivity index (χ4v) is 3.34. The van der Waals surface area contributed by atoms with Crippen molar-refractivity contribution in [2.75, 3.05) is 13.2 Å². The zero-order chi connectivity index (χ0) is 25.5. The second-order valence-electron chi connectivity index (χ2n) is 9.49. The Hall–Kier alpha value is -3.54. The lowest BCUT2D eigenvalue weighted by Crippen LogP contribution is -2.42. The lowest BCUT2D eigenvalue weighted by atomic mass is 9.93. The van der Waals surface area contributed by atoms with Crippen molar-refractivity contribution >= 4 is 23.3 Å². The van der Waals surface area contributed by atoms with Crippen molar-refractivity contribution < 1.29 is 19.1 Å². The van der Waals surface area contributed by atoms with Crippen LogP contribution in [0.4, 0.5) is 9.59 Å². The topological polar surface area (TPSA) is 76.7 Å². The fourth-order valence-electron chi connectivity index (χ4n) is 3.34. The van der Waals surface area contributed by atoms with Gasteiger partial charge >= 0.3 is 12.2 Å². The van der Waals surface area contributed by atoms with E-state index in [1.54, 1.807) is 0 Å². The third-order valence-electron chi connectivity index (χ3n) is 5.58. The number of amides is 2. The molecule has 0 aromatic heterocycles. The molecule has 0 aliphatic rings. The molecule has 0 saturated carbocycles. The van der Waals surface area contributed by atoms with E-state index in [0.717, 1.165) is 33.4 Å². The highest BCUT2D eigenvalue weighted by molar-refractivity contribution is 5.70. The Labute approximate surface area is 203 Å². The maximum Gasteiger partial charge on any atom is 0.407 e. The molecule has 0 spiro atoms. The highest BCUT2D eigenvalue weighted by Crippen LogP contribution is 2.23. The van der Waals surface area contributed by atoms with Gasteiger partial charge in [0, 0.05) is 0 Å². The van der Waals surface area contributed by atoms with Crippen molar-refractivity contribution in [3.63, 3.8) is 0 Å². The number of nitrogens with one attached hydrogen (secondary N) is 2. The summed E-state index contributed by atoms with van der Waals surface area (Å²) in [4.78, 5) is 24.5. The molecule has 0 unspecified atom stereocenters. The van der Waals surface area contributed by atoms with Crippen molar-refractivity contribution in [1.29, 1.82) is 0 Å². The van der Waals surface area contributed by atoms with E-state index >= 15 is 0 Å². The van der Waals surface area contributed by atoms with E-state index in [1.807, 2.05) is 90.1 Å². The van der Waals surface area contributed by atoms with Crippen LogP contribution in [-0.2, 0) is 20.6 Å². The third kappa shape index (κ3) is 7.51. The van der Waals surface area contributed by atoms with Crippen LogP contribution in [0, 0.1) is 0 Å². The van der Waals surface area contributed by atoms with E-state index < -0.39 is 23.3 Å². The predicted octanol–water partition coefficient (Wildman–Crippen LogP) is 6.38. The van der Waals surface area contributed by atoms with Crippen molar-refractivity contribution in [2.45, 2.75) is 52.6 Å². The van der Waals surface area contributed by atoms with Gasteiger partial charge in [-0.25, -0.2) is 9.59 Å². The van der Waals surface area contributed by atoms with Gasteiger partial charge < -0.3 is 20.1 Å². The van der Waals surface area contributed by atoms with Crippen LogP contribution in [0.2, 0.25) is 0 Å². The highest BCUT2D eigenvalue weighted by Gasteiger charge is 2.25. The fraction of sp³-hybridized carbons (Fsp3) is 0.357. The molecular formula is C28H36N2O4. The monoisotopic (exact) mass is 464 g/mol. The Morgan fingerprint density at radius 1 is 0.676 bits per heavy atom. The Bertz CT molecular complexity index is 950. The Morgan fingerprint density at radius 3 is 1.24 bits per heavy atom. The molecule has 0 atom stereocenters. The van der Waals surface area contributed by atoms with Gasteiger partial charge in [-0.2, -0.15) is 0 Å². The van der Waals surface area contributed by atoms with Crippen LogP contribution in [0.3, 0.4) is 0 Å². The first kappa shape index (κ1) is 26.7. The molecule has 0 radical (unpaired) electrons. The molecule has 2 aromatic rings. The Kier molecular flexibility index (Phi) is 8.68. The lowest BCUT2D eigenvalue weighted by molar-refractivity contribution is 0.0874. The van der Waals surface area contributed by atoms with E-state index in [9.17, 15) is 9.59 Å². The quantitative estimate of drug-likeness (QED) is 0.423. The number of hydrogen-bond donors (Lipinski definition) is 2. The molecule has 2 aromatic carbocycles. The smallest absolute Gasteiger partial charge is 0.407 e. The Balaban J connectivity index is 1.78. The zero-order valence-corrected chi connectivity index (χ0v) is 21.1. The summed E-state index contributed by atoms with van der Waals surface area (Å²) < 4.78 is 10.4. The summed E-state index contributed by atoms with van der Waals surface area (Å²) in [5.41, 5.74) is 4.65. The second-order valence-corrected chi connectivity index (χ2v) is 9.49. The number of allylic oxidation sites excluding steroid dienone is 2. The number of ether oxygens (including phenoxy) is 2. The molecule has 0 aliphatic heterocycles. The lowest BCUT2D eigenvalue weighted by Gasteiger charge is -2.27. The average molecular weight is 465 g/mol. The van der Waals surface area contributed by atoms with E-state index in [-0.39, 0.29) is 13.2 Å². The minimum Gasteiger partial charge on any atom is -0.446 e. The van der Waals surface area contributed by atoms with Gasteiger partial charge in [-0.3, -0.25) is 0 Å². The summed E-state index contributed by atoms with van der Waals surface area (Å²) in [6, 6.07) is 15.7. The molecule has 0 saturated heterocycles. The second kappa shape index (κ2) is 11.1. The normalized spacial score (nSPS) is 11.4. The number of benzene rings is 2. The first-order valence-corrected chi connectivity index (χ1v) is 11.2. The maximum absolute atomic E-state index is 12.2. The first-order chi connectivity index (χ1) is 15.8. The third-order valence-corrected chi connectivity index (χ3v) is 5.58. The van der Waals surface area contributed by atoms with Crippen LogP contribution in [0.1, 0.15) is 63.8 Å². The molecule has 182 valence electrons. The van der Waals surface area contributed by atoms with Crippen molar-refractivity contribution in [1.82, 2.24) is 10.6 Å². The number of carbonyl (C=O) groups is 2. The molecule has 0 fully saturated rings. The molecule has 2 rings (SSSR count). The van der Waals surface area contributed by atoms with Gasteiger partial charge in [-0.15, -0.1) is 0 Å². The number of alkyl carbamates (subject to hydrolysis) is 2. The van der Waals surface area contributed by atoms with E-state index in [0.29, 0.717) is 0 Å². The van der Waals surface area contributed by atoms with Crippen molar-refractivity contribution in [3.8, 4) is 0 Å². The van der Waals surface area contributed by atoms with Crippen molar-refractivity contribution in [2.24, 2.45) is 0 Å². The van der Waals surface area contributed by atoms with Gasteiger partial charge in [0.2, 0.25) is 0 Å². The van der Waals surface area contributed by atoms with Crippen LogP contribution >= 0.6 is 0 Å².